The normalized spacial score (nSPS) is 19.6. The molecule has 116 valence electrons. The molecule has 0 spiro atoms. The number of carbonyl (C=O) groups is 1. The molecule has 1 saturated heterocycles. The fraction of sp³-hybridized carbons (Fsp3) is 0.625. The molecule has 0 N–H and O–H groups in total. The smallest absolute Gasteiger partial charge is 0.410 e. The van der Waals surface area contributed by atoms with E-state index in [1.165, 1.54) is 0 Å². The molecule has 0 aliphatic carbocycles. The minimum atomic E-state index is -0.448. The Kier molecular flexibility index (Phi) is 4.40. The fourth-order valence-corrected chi connectivity index (χ4v) is 2.42. The molecule has 1 aromatic heterocycles. The Bertz CT molecular complexity index is 493. The Balaban J connectivity index is 1.99. The van der Waals surface area contributed by atoms with E-state index in [0.29, 0.717) is 13.1 Å². The van der Waals surface area contributed by atoms with Crippen LogP contribution in [-0.4, -0.2) is 47.3 Å². The van der Waals surface area contributed by atoms with Gasteiger partial charge in [0.2, 0.25) is 0 Å². The highest BCUT2D eigenvalue weighted by Crippen LogP contribution is 2.20. The molecular weight excluding hydrogens is 266 g/mol. The predicted molar refractivity (Wildman–Crippen MR) is 83.6 cm³/mol. The van der Waals surface area contributed by atoms with E-state index in [1.807, 2.05) is 40.0 Å². The summed E-state index contributed by atoms with van der Waals surface area (Å²) in [6.07, 6.45) is 1.65. The lowest BCUT2D eigenvalue weighted by Crippen LogP contribution is -2.54. The first-order valence-corrected chi connectivity index (χ1v) is 7.43. The van der Waals surface area contributed by atoms with Gasteiger partial charge in [-0.2, -0.15) is 0 Å². The SMILES string of the molecule is Cc1ccc(N2CCN(C(=O)OC(C)(C)C)C[C@H]2C)nc1. The number of anilines is 1. The fourth-order valence-electron chi connectivity index (χ4n) is 2.42. The van der Waals surface area contributed by atoms with Gasteiger partial charge in [-0.15, -0.1) is 0 Å². The third kappa shape index (κ3) is 4.09. The summed E-state index contributed by atoms with van der Waals surface area (Å²) in [6.45, 7) is 11.9. The minimum Gasteiger partial charge on any atom is -0.444 e. The van der Waals surface area contributed by atoms with E-state index in [4.69, 9.17) is 4.74 Å². The van der Waals surface area contributed by atoms with E-state index < -0.39 is 5.60 Å². The number of aromatic nitrogens is 1. The quantitative estimate of drug-likeness (QED) is 0.798. The molecule has 0 saturated carbocycles. The van der Waals surface area contributed by atoms with Crippen LogP contribution in [0.4, 0.5) is 10.6 Å². The van der Waals surface area contributed by atoms with Gasteiger partial charge in [0.05, 0.1) is 0 Å². The highest BCUT2D eigenvalue weighted by Gasteiger charge is 2.30. The van der Waals surface area contributed by atoms with Crippen molar-refractivity contribution in [2.75, 3.05) is 24.5 Å². The number of aryl methyl sites for hydroxylation is 1. The topological polar surface area (TPSA) is 45.7 Å². The average molecular weight is 291 g/mol. The van der Waals surface area contributed by atoms with Crippen LogP contribution in [0.15, 0.2) is 18.3 Å². The van der Waals surface area contributed by atoms with Crippen LogP contribution < -0.4 is 4.90 Å². The number of hydrogen-bond acceptors (Lipinski definition) is 4. The van der Waals surface area contributed by atoms with Gasteiger partial charge < -0.3 is 14.5 Å². The van der Waals surface area contributed by atoms with Crippen molar-refractivity contribution in [2.45, 2.75) is 46.3 Å². The molecule has 1 amide bonds. The third-order valence-corrected chi connectivity index (χ3v) is 3.47. The number of nitrogens with zero attached hydrogens (tertiary/aromatic N) is 3. The number of hydrogen-bond donors (Lipinski definition) is 0. The van der Waals surface area contributed by atoms with Crippen molar-refractivity contribution in [3.05, 3.63) is 23.9 Å². The van der Waals surface area contributed by atoms with Crippen molar-refractivity contribution in [2.24, 2.45) is 0 Å². The summed E-state index contributed by atoms with van der Waals surface area (Å²) in [5.74, 6) is 0.969. The van der Waals surface area contributed by atoms with Crippen molar-refractivity contribution >= 4 is 11.9 Å². The average Bonchev–Trinajstić information content (AvgIpc) is 2.38. The highest BCUT2D eigenvalue weighted by molar-refractivity contribution is 5.68. The molecule has 0 bridgehead atoms. The van der Waals surface area contributed by atoms with Crippen molar-refractivity contribution in [1.29, 1.82) is 0 Å². The number of piperazine rings is 1. The maximum Gasteiger partial charge on any atom is 0.410 e. The van der Waals surface area contributed by atoms with Gasteiger partial charge in [0, 0.05) is 31.9 Å². The second-order valence-corrected chi connectivity index (χ2v) is 6.66. The summed E-state index contributed by atoms with van der Waals surface area (Å²) in [5, 5.41) is 0. The van der Waals surface area contributed by atoms with Gasteiger partial charge in [-0.3, -0.25) is 0 Å². The molecule has 1 aromatic rings. The number of pyridine rings is 1. The number of carbonyl (C=O) groups excluding carboxylic acids is 1. The predicted octanol–water partition coefficient (Wildman–Crippen LogP) is 2.84. The van der Waals surface area contributed by atoms with E-state index >= 15 is 0 Å². The van der Waals surface area contributed by atoms with Gasteiger partial charge in [-0.05, 0) is 46.2 Å². The van der Waals surface area contributed by atoms with Gasteiger partial charge in [-0.25, -0.2) is 9.78 Å². The summed E-state index contributed by atoms with van der Waals surface area (Å²) in [6, 6.07) is 4.33. The Morgan fingerprint density at radius 3 is 2.57 bits per heavy atom. The van der Waals surface area contributed by atoms with Crippen LogP contribution in [0.2, 0.25) is 0 Å². The summed E-state index contributed by atoms with van der Waals surface area (Å²) < 4.78 is 5.44. The molecule has 0 unspecified atom stereocenters. The van der Waals surface area contributed by atoms with Gasteiger partial charge in [-0.1, -0.05) is 6.07 Å². The van der Waals surface area contributed by atoms with Crippen LogP contribution in [0.5, 0.6) is 0 Å². The van der Waals surface area contributed by atoms with Crippen molar-refractivity contribution < 1.29 is 9.53 Å². The molecule has 1 aliphatic rings. The zero-order chi connectivity index (χ0) is 15.6. The summed E-state index contributed by atoms with van der Waals surface area (Å²) in [7, 11) is 0. The summed E-state index contributed by atoms with van der Waals surface area (Å²) in [4.78, 5) is 20.6. The van der Waals surface area contributed by atoms with E-state index in [1.54, 1.807) is 4.90 Å². The zero-order valence-electron chi connectivity index (χ0n) is 13.6. The molecule has 1 atom stereocenters. The van der Waals surface area contributed by atoms with Gasteiger partial charge in [0.15, 0.2) is 0 Å². The van der Waals surface area contributed by atoms with Gasteiger partial charge in [0.25, 0.3) is 0 Å². The third-order valence-electron chi connectivity index (χ3n) is 3.47. The van der Waals surface area contributed by atoms with Crippen LogP contribution in [-0.2, 0) is 4.74 Å². The summed E-state index contributed by atoms with van der Waals surface area (Å²) in [5.41, 5.74) is 0.703. The number of amides is 1. The second kappa shape index (κ2) is 5.92. The van der Waals surface area contributed by atoms with Crippen LogP contribution in [0, 0.1) is 6.92 Å². The number of rotatable bonds is 1. The van der Waals surface area contributed by atoms with Crippen molar-refractivity contribution in [3.63, 3.8) is 0 Å². The Labute approximate surface area is 126 Å². The molecule has 1 fully saturated rings. The maximum absolute atomic E-state index is 12.1. The van der Waals surface area contributed by atoms with Crippen LogP contribution in [0.25, 0.3) is 0 Å². The first-order chi connectivity index (χ1) is 9.76. The zero-order valence-corrected chi connectivity index (χ0v) is 13.6. The molecule has 21 heavy (non-hydrogen) atoms. The first-order valence-electron chi connectivity index (χ1n) is 7.43. The van der Waals surface area contributed by atoms with Gasteiger partial charge >= 0.3 is 6.09 Å². The number of ether oxygens (including phenoxy) is 1. The van der Waals surface area contributed by atoms with Crippen LogP contribution in [0.3, 0.4) is 0 Å². The molecule has 1 aliphatic heterocycles. The molecule has 5 heteroatoms. The van der Waals surface area contributed by atoms with E-state index in [-0.39, 0.29) is 12.1 Å². The molecule has 2 rings (SSSR count). The largest absolute Gasteiger partial charge is 0.444 e. The molecule has 0 radical (unpaired) electrons. The molecular formula is C16H25N3O2. The van der Waals surface area contributed by atoms with Crippen LogP contribution >= 0.6 is 0 Å². The van der Waals surface area contributed by atoms with E-state index in [0.717, 1.165) is 17.9 Å². The minimum absolute atomic E-state index is 0.224. The lowest BCUT2D eigenvalue weighted by Gasteiger charge is -2.40. The Hall–Kier alpha value is -1.78. The first kappa shape index (κ1) is 15.6. The molecule has 0 aromatic carbocycles. The second-order valence-electron chi connectivity index (χ2n) is 6.66. The lowest BCUT2D eigenvalue weighted by molar-refractivity contribution is 0.0218. The van der Waals surface area contributed by atoms with Crippen LogP contribution in [0.1, 0.15) is 33.3 Å². The molecule has 2 heterocycles. The lowest BCUT2D eigenvalue weighted by atomic mass is 10.2. The van der Waals surface area contributed by atoms with Crippen molar-refractivity contribution in [3.8, 4) is 0 Å². The highest BCUT2D eigenvalue weighted by atomic mass is 16.6. The Morgan fingerprint density at radius 1 is 1.33 bits per heavy atom. The van der Waals surface area contributed by atoms with Crippen molar-refractivity contribution in [1.82, 2.24) is 9.88 Å². The van der Waals surface area contributed by atoms with E-state index in [2.05, 4.69) is 22.9 Å². The Morgan fingerprint density at radius 2 is 2.05 bits per heavy atom. The standard InChI is InChI=1S/C16H25N3O2/c1-12-6-7-14(17-10-12)19-9-8-18(11-13(19)2)15(20)21-16(3,4)5/h6-7,10,13H,8-9,11H2,1-5H3/t13-/m1/s1. The monoisotopic (exact) mass is 291 g/mol. The molecule has 5 nitrogen and oxygen atoms in total. The van der Waals surface area contributed by atoms with E-state index in [9.17, 15) is 4.79 Å². The van der Waals surface area contributed by atoms with Gasteiger partial charge in [0.1, 0.15) is 11.4 Å². The summed E-state index contributed by atoms with van der Waals surface area (Å²) >= 11 is 0. The maximum atomic E-state index is 12.1.